The first-order valence-corrected chi connectivity index (χ1v) is 8.74. The van der Waals surface area contributed by atoms with Crippen molar-refractivity contribution in [2.24, 2.45) is 5.73 Å². The van der Waals surface area contributed by atoms with Crippen molar-refractivity contribution in [1.82, 2.24) is 0 Å². The lowest BCUT2D eigenvalue weighted by molar-refractivity contribution is -0.913. The first kappa shape index (κ1) is 25.8. The van der Waals surface area contributed by atoms with Gasteiger partial charge in [0.05, 0.1) is 33.3 Å². The Morgan fingerprint density at radius 1 is 1.08 bits per heavy atom. The highest BCUT2D eigenvalue weighted by Gasteiger charge is 2.22. The van der Waals surface area contributed by atoms with Crippen LogP contribution in [0.5, 0.6) is 5.75 Å². The Bertz CT molecular complexity index is 410. The van der Waals surface area contributed by atoms with Crippen LogP contribution in [0, 0.1) is 0 Å². The van der Waals surface area contributed by atoms with E-state index >= 15 is 0 Å². The van der Waals surface area contributed by atoms with Crippen molar-refractivity contribution in [3.8, 4) is 5.75 Å². The normalized spacial score (nSPS) is 12.0. The number of hydrogen-bond acceptors (Lipinski definition) is 2. The number of nitrogens with two attached hydrogens (primary N) is 1. The molecule has 1 aromatic carbocycles. The molecule has 1 rings (SSSR count). The largest absolute Gasteiger partial charge is 0.494 e. The van der Waals surface area contributed by atoms with Gasteiger partial charge >= 0.3 is 0 Å². The lowest BCUT2D eigenvalue weighted by Crippen LogP contribution is -2.48. The third-order valence-corrected chi connectivity index (χ3v) is 4.67. The van der Waals surface area contributed by atoms with Crippen molar-refractivity contribution in [2.45, 2.75) is 52.0 Å². The maximum absolute atomic E-state index is 5.71. The van der Waals surface area contributed by atoms with Crippen molar-refractivity contribution in [3.05, 3.63) is 29.8 Å². The molecule has 0 bridgehead atoms. The van der Waals surface area contributed by atoms with Crippen LogP contribution in [0.2, 0.25) is 0 Å². The highest BCUT2D eigenvalue weighted by atomic mass is 35.5. The second-order valence-corrected chi connectivity index (χ2v) is 6.88. The predicted octanol–water partition coefficient (Wildman–Crippen LogP) is 4.46. The van der Waals surface area contributed by atoms with Gasteiger partial charge in [0.15, 0.2) is 0 Å². The molecular weight excluding hydrogens is 343 g/mol. The Morgan fingerprint density at radius 3 is 2.25 bits per heavy atom. The van der Waals surface area contributed by atoms with E-state index in [2.05, 4.69) is 52.2 Å². The summed E-state index contributed by atoms with van der Waals surface area (Å²) in [6, 6.07) is 9.25. The molecule has 0 heterocycles. The Hall–Kier alpha value is -0.480. The number of aryl methyl sites for hydroxylation is 1. The van der Waals surface area contributed by atoms with Crippen molar-refractivity contribution in [3.63, 3.8) is 0 Å². The van der Waals surface area contributed by atoms with E-state index in [1.54, 1.807) is 0 Å². The molecule has 2 N–H and O–H groups in total. The molecule has 0 saturated heterocycles. The summed E-state index contributed by atoms with van der Waals surface area (Å²) < 4.78 is 6.76. The van der Waals surface area contributed by atoms with Crippen molar-refractivity contribution in [2.75, 3.05) is 33.8 Å². The highest BCUT2D eigenvalue weighted by Crippen LogP contribution is 2.17. The van der Waals surface area contributed by atoms with Crippen LogP contribution in [0.25, 0.3) is 0 Å². The fourth-order valence-corrected chi connectivity index (χ4v) is 2.53. The number of hydrogen-bond donors (Lipinski definition) is 1. The average Bonchev–Trinajstić information content (AvgIpc) is 2.52. The fourth-order valence-electron chi connectivity index (χ4n) is 2.53. The van der Waals surface area contributed by atoms with Gasteiger partial charge in [-0.25, -0.2) is 0 Å². The van der Waals surface area contributed by atoms with E-state index in [1.807, 2.05) is 0 Å². The zero-order valence-corrected chi connectivity index (χ0v) is 17.4. The minimum Gasteiger partial charge on any atom is -0.494 e. The molecule has 0 radical (unpaired) electrons. The van der Waals surface area contributed by atoms with Gasteiger partial charge in [0.2, 0.25) is 0 Å². The highest BCUT2D eigenvalue weighted by molar-refractivity contribution is 5.85. The van der Waals surface area contributed by atoms with Gasteiger partial charge in [-0.1, -0.05) is 25.5 Å². The third-order valence-electron chi connectivity index (χ3n) is 4.67. The van der Waals surface area contributed by atoms with Gasteiger partial charge in [-0.2, -0.15) is 0 Å². The molecule has 5 heteroatoms. The molecule has 1 aromatic rings. The topological polar surface area (TPSA) is 35.2 Å². The fraction of sp³-hybridized carbons (Fsp3) is 0.684. The Balaban J connectivity index is 0. The van der Waals surface area contributed by atoms with Crippen LogP contribution in [-0.4, -0.2) is 44.3 Å². The molecule has 142 valence electrons. The first-order chi connectivity index (χ1) is 10.5. The second-order valence-electron chi connectivity index (χ2n) is 6.88. The van der Waals surface area contributed by atoms with Gasteiger partial charge in [-0.05, 0) is 44.0 Å². The maximum Gasteiger partial charge on any atom is 0.119 e. The molecule has 3 nitrogen and oxygen atoms in total. The number of benzene rings is 1. The van der Waals surface area contributed by atoms with Crippen LogP contribution in [0.15, 0.2) is 24.3 Å². The van der Waals surface area contributed by atoms with Crippen LogP contribution in [0.4, 0.5) is 0 Å². The smallest absolute Gasteiger partial charge is 0.119 e. The summed E-state index contributed by atoms with van der Waals surface area (Å²) in [4.78, 5) is 0. The van der Waals surface area contributed by atoms with Crippen molar-refractivity contribution < 1.29 is 9.22 Å². The summed E-state index contributed by atoms with van der Waals surface area (Å²) in [5, 5.41) is 0. The summed E-state index contributed by atoms with van der Waals surface area (Å²) in [7, 11) is 4.62. The Kier molecular flexibility index (Phi) is 14.8. The zero-order valence-electron chi connectivity index (χ0n) is 15.8. The molecule has 0 aliphatic carbocycles. The van der Waals surface area contributed by atoms with E-state index in [-0.39, 0.29) is 24.8 Å². The van der Waals surface area contributed by atoms with Crippen LogP contribution in [0.3, 0.4) is 0 Å². The van der Waals surface area contributed by atoms with E-state index in [0.29, 0.717) is 6.04 Å². The number of rotatable bonds is 11. The number of unbranched alkanes of at least 4 members (excludes halogenated alkanes) is 1. The standard InChI is InChI=1S/C19H35N2O.2ClH/c1-5-6-16-22-19-12-10-18(11-13-19)9-8-17(2)21(3,4)15-7-14-20;;/h10-13,17H,5-9,14-16,20H2,1-4H3;2*1H/q+1;;. The monoisotopic (exact) mass is 379 g/mol. The van der Waals surface area contributed by atoms with Crippen LogP contribution in [-0.2, 0) is 6.42 Å². The van der Waals surface area contributed by atoms with E-state index in [9.17, 15) is 0 Å². The molecule has 0 aliphatic heterocycles. The quantitative estimate of drug-likeness (QED) is 0.455. The number of quaternary nitrogens is 1. The van der Waals surface area contributed by atoms with Gasteiger partial charge in [-0.3, -0.25) is 0 Å². The Morgan fingerprint density at radius 2 is 1.71 bits per heavy atom. The molecule has 0 amide bonds. The molecule has 0 fully saturated rings. The summed E-state index contributed by atoms with van der Waals surface area (Å²) in [6.07, 6.45) is 5.72. The van der Waals surface area contributed by atoms with Gasteiger partial charge in [0, 0.05) is 12.8 Å². The van der Waals surface area contributed by atoms with Gasteiger partial charge in [-0.15, -0.1) is 24.8 Å². The molecule has 24 heavy (non-hydrogen) atoms. The van der Waals surface area contributed by atoms with Gasteiger partial charge < -0.3 is 15.0 Å². The second kappa shape index (κ2) is 13.8. The lowest BCUT2D eigenvalue weighted by Gasteiger charge is -2.36. The summed E-state index contributed by atoms with van der Waals surface area (Å²) in [6.45, 7) is 7.29. The number of ether oxygens (including phenoxy) is 1. The van der Waals surface area contributed by atoms with E-state index in [4.69, 9.17) is 10.5 Å². The maximum atomic E-state index is 5.71. The predicted molar refractivity (Wildman–Crippen MR) is 110 cm³/mol. The molecule has 1 unspecified atom stereocenters. The van der Waals surface area contributed by atoms with Crippen molar-refractivity contribution >= 4 is 24.8 Å². The zero-order chi connectivity index (χ0) is 16.4. The van der Waals surface area contributed by atoms with Gasteiger partial charge in [0.1, 0.15) is 5.75 Å². The summed E-state index contributed by atoms with van der Waals surface area (Å²) in [5.74, 6) is 0.990. The summed E-state index contributed by atoms with van der Waals surface area (Å²) >= 11 is 0. The van der Waals surface area contributed by atoms with Crippen LogP contribution < -0.4 is 10.5 Å². The Labute approximate surface area is 161 Å². The lowest BCUT2D eigenvalue weighted by atomic mass is 10.0. The van der Waals surface area contributed by atoms with E-state index < -0.39 is 0 Å². The van der Waals surface area contributed by atoms with E-state index in [0.717, 1.165) is 49.2 Å². The van der Waals surface area contributed by atoms with E-state index in [1.165, 1.54) is 18.4 Å². The minimum absolute atomic E-state index is 0. The van der Waals surface area contributed by atoms with Crippen molar-refractivity contribution in [1.29, 1.82) is 0 Å². The van der Waals surface area contributed by atoms with Crippen LogP contribution in [0.1, 0.15) is 45.1 Å². The average molecular weight is 380 g/mol. The molecule has 0 aliphatic rings. The van der Waals surface area contributed by atoms with Crippen LogP contribution >= 0.6 is 24.8 Å². The first-order valence-electron chi connectivity index (χ1n) is 8.74. The minimum atomic E-state index is 0. The third kappa shape index (κ3) is 9.73. The number of nitrogens with zero attached hydrogens (tertiary/aromatic N) is 1. The SMILES string of the molecule is CCCCOc1ccc(CCC(C)[N+](C)(C)CCCN)cc1.Cl.Cl. The summed E-state index contributed by atoms with van der Waals surface area (Å²) in [5.41, 5.74) is 7.03. The molecule has 0 spiro atoms. The molecule has 1 atom stereocenters. The number of halogens is 2. The van der Waals surface area contributed by atoms with Gasteiger partial charge in [0.25, 0.3) is 0 Å². The molecule has 0 saturated carbocycles. The molecule has 0 aromatic heterocycles. The molecular formula is C19H37Cl2N2O+.